The second-order valence-electron chi connectivity index (χ2n) is 7.96. The average molecular weight is 414 g/mol. The Hall–Kier alpha value is -2.18. The topological polar surface area (TPSA) is 61.4 Å². The van der Waals surface area contributed by atoms with E-state index in [1.165, 1.54) is 36.8 Å². The van der Waals surface area contributed by atoms with Gasteiger partial charge in [0.05, 0.1) is 6.04 Å². The molecule has 2 heterocycles. The predicted octanol–water partition coefficient (Wildman–Crippen LogP) is 4.54. The summed E-state index contributed by atoms with van der Waals surface area (Å²) in [6.45, 7) is 6.75. The number of carbonyl (C=O) groups excluding carboxylic acids is 2. The Labute approximate surface area is 177 Å². The zero-order valence-corrected chi connectivity index (χ0v) is 18.1. The molecule has 1 aliphatic rings. The van der Waals surface area contributed by atoms with Gasteiger partial charge in [0.1, 0.15) is 0 Å². The minimum atomic E-state index is -0.623. The first-order valence-electron chi connectivity index (χ1n) is 10.5. The third-order valence-corrected chi connectivity index (χ3v) is 6.21. The summed E-state index contributed by atoms with van der Waals surface area (Å²) in [5.74, 6) is -0.786. The molecule has 2 N–H and O–H groups in total. The van der Waals surface area contributed by atoms with Gasteiger partial charge in [-0.25, -0.2) is 0 Å². The maximum Gasteiger partial charge on any atom is 0.313 e. The molecule has 2 amide bonds. The van der Waals surface area contributed by atoms with Gasteiger partial charge >= 0.3 is 11.8 Å². The summed E-state index contributed by atoms with van der Waals surface area (Å²) in [4.78, 5) is 27.2. The van der Waals surface area contributed by atoms with Crippen molar-refractivity contribution in [3.63, 3.8) is 0 Å². The molecular formula is C23H31N3O2S. The molecule has 1 unspecified atom stereocenters. The van der Waals surface area contributed by atoms with Crippen LogP contribution in [0.15, 0.2) is 41.1 Å². The van der Waals surface area contributed by atoms with E-state index in [4.69, 9.17) is 0 Å². The van der Waals surface area contributed by atoms with Crippen molar-refractivity contribution in [1.29, 1.82) is 0 Å². The van der Waals surface area contributed by atoms with Crippen molar-refractivity contribution in [3.8, 4) is 0 Å². The van der Waals surface area contributed by atoms with Gasteiger partial charge in [-0.1, -0.05) is 38.8 Å². The number of anilines is 1. The molecule has 3 rings (SSSR count). The highest BCUT2D eigenvalue weighted by Gasteiger charge is 2.24. The van der Waals surface area contributed by atoms with E-state index < -0.39 is 11.8 Å². The maximum absolute atomic E-state index is 12.4. The molecule has 0 radical (unpaired) electrons. The van der Waals surface area contributed by atoms with E-state index >= 15 is 0 Å². The largest absolute Gasteiger partial charge is 0.346 e. The molecule has 1 aromatic heterocycles. The molecule has 1 aromatic carbocycles. The summed E-state index contributed by atoms with van der Waals surface area (Å²) < 4.78 is 0. The molecule has 2 aromatic rings. The molecule has 6 heteroatoms. The number of likely N-dealkylation sites (tertiary alicyclic amines) is 1. The minimum Gasteiger partial charge on any atom is -0.346 e. The van der Waals surface area contributed by atoms with Gasteiger partial charge in [-0.05, 0) is 71.9 Å². The van der Waals surface area contributed by atoms with Gasteiger partial charge in [0.25, 0.3) is 0 Å². The Balaban J connectivity index is 1.58. The van der Waals surface area contributed by atoms with E-state index in [-0.39, 0.29) is 6.04 Å². The van der Waals surface area contributed by atoms with Crippen LogP contribution in [-0.2, 0) is 9.59 Å². The molecule has 0 bridgehead atoms. The fourth-order valence-electron chi connectivity index (χ4n) is 3.74. The number of benzene rings is 1. The lowest BCUT2D eigenvalue weighted by atomic mass is 10.0. The monoisotopic (exact) mass is 413 g/mol. The van der Waals surface area contributed by atoms with E-state index in [1.807, 2.05) is 24.3 Å². The molecule has 1 saturated heterocycles. The standard InChI is InChI=1S/C23H31N3O2S/c1-17(2)18-7-9-20(10-8-18)25-23(28)22(27)24-15-21(19-11-14-29-16-19)26-12-5-3-4-6-13-26/h7-11,14,16-17,21H,3-6,12-13,15H2,1-2H3,(H,24,27)(H,25,28). The van der Waals surface area contributed by atoms with Crippen molar-refractivity contribution in [3.05, 3.63) is 52.2 Å². The van der Waals surface area contributed by atoms with Gasteiger partial charge in [0.15, 0.2) is 0 Å². The highest BCUT2D eigenvalue weighted by Crippen LogP contribution is 2.25. The number of hydrogen-bond acceptors (Lipinski definition) is 4. The highest BCUT2D eigenvalue weighted by molar-refractivity contribution is 7.08. The van der Waals surface area contributed by atoms with E-state index in [0.29, 0.717) is 18.2 Å². The van der Waals surface area contributed by atoms with Crippen molar-refractivity contribution in [1.82, 2.24) is 10.2 Å². The van der Waals surface area contributed by atoms with Crippen molar-refractivity contribution < 1.29 is 9.59 Å². The third kappa shape index (κ3) is 6.15. The van der Waals surface area contributed by atoms with Crippen LogP contribution in [0, 0.1) is 0 Å². The van der Waals surface area contributed by atoms with Crippen LogP contribution in [0.2, 0.25) is 0 Å². The van der Waals surface area contributed by atoms with Crippen LogP contribution in [0.25, 0.3) is 0 Å². The molecule has 1 fully saturated rings. The van der Waals surface area contributed by atoms with E-state index in [0.717, 1.165) is 13.1 Å². The van der Waals surface area contributed by atoms with Crippen molar-refractivity contribution >= 4 is 28.8 Å². The third-order valence-electron chi connectivity index (χ3n) is 5.51. The van der Waals surface area contributed by atoms with E-state index in [1.54, 1.807) is 11.3 Å². The first-order valence-corrected chi connectivity index (χ1v) is 11.4. The number of nitrogens with one attached hydrogen (secondary N) is 2. The molecule has 29 heavy (non-hydrogen) atoms. The molecule has 5 nitrogen and oxygen atoms in total. The second kappa shape index (κ2) is 10.6. The number of amides is 2. The first kappa shape index (κ1) is 21.5. The van der Waals surface area contributed by atoms with Crippen LogP contribution in [0.1, 0.15) is 62.6 Å². The summed E-state index contributed by atoms with van der Waals surface area (Å²) in [6.07, 6.45) is 4.89. The van der Waals surface area contributed by atoms with Gasteiger partial charge in [-0.2, -0.15) is 11.3 Å². The van der Waals surface area contributed by atoms with Gasteiger partial charge in [0.2, 0.25) is 0 Å². The predicted molar refractivity (Wildman–Crippen MR) is 119 cm³/mol. The van der Waals surface area contributed by atoms with Crippen LogP contribution in [0.3, 0.4) is 0 Å². The van der Waals surface area contributed by atoms with Crippen molar-refractivity contribution in [2.45, 2.75) is 51.5 Å². The minimum absolute atomic E-state index is 0.112. The Morgan fingerprint density at radius 1 is 0.966 bits per heavy atom. The van der Waals surface area contributed by atoms with Crippen LogP contribution < -0.4 is 10.6 Å². The lowest BCUT2D eigenvalue weighted by Gasteiger charge is -2.30. The molecular weight excluding hydrogens is 382 g/mol. The van der Waals surface area contributed by atoms with Crippen molar-refractivity contribution in [2.75, 3.05) is 25.0 Å². The fourth-order valence-corrected chi connectivity index (χ4v) is 4.45. The summed E-state index contributed by atoms with van der Waals surface area (Å²) in [7, 11) is 0. The van der Waals surface area contributed by atoms with Gasteiger partial charge in [0, 0.05) is 12.2 Å². The molecule has 1 atom stereocenters. The quantitative estimate of drug-likeness (QED) is 0.683. The lowest BCUT2D eigenvalue weighted by Crippen LogP contribution is -2.42. The van der Waals surface area contributed by atoms with Crippen LogP contribution in [-0.4, -0.2) is 36.3 Å². The maximum atomic E-state index is 12.4. The average Bonchev–Trinajstić information content (AvgIpc) is 3.11. The summed E-state index contributed by atoms with van der Waals surface area (Å²) in [6, 6.07) is 9.86. The molecule has 0 spiro atoms. The number of carbonyl (C=O) groups is 2. The Bertz CT molecular complexity index is 779. The van der Waals surface area contributed by atoms with E-state index in [2.05, 4.69) is 46.2 Å². The van der Waals surface area contributed by atoms with Crippen LogP contribution in [0.4, 0.5) is 5.69 Å². The Kier molecular flexibility index (Phi) is 7.83. The van der Waals surface area contributed by atoms with E-state index in [9.17, 15) is 9.59 Å². The molecule has 0 saturated carbocycles. The smallest absolute Gasteiger partial charge is 0.313 e. The first-order chi connectivity index (χ1) is 14.0. The van der Waals surface area contributed by atoms with Gasteiger partial charge in [-0.3, -0.25) is 14.5 Å². The lowest BCUT2D eigenvalue weighted by molar-refractivity contribution is -0.136. The Morgan fingerprint density at radius 2 is 1.66 bits per heavy atom. The number of rotatable bonds is 6. The summed E-state index contributed by atoms with van der Waals surface area (Å²) in [5, 5.41) is 9.75. The zero-order valence-electron chi connectivity index (χ0n) is 17.3. The molecule has 156 valence electrons. The van der Waals surface area contributed by atoms with Gasteiger partial charge < -0.3 is 10.6 Å². The molecule has 1 aliphatic heterocycles. The van der Waals surface area contributed by atoms with Crippen LogP contribution >= 0.6 is 11.3 Å². The summed E-state index contributed by atoms with van der Waals surface area (Å²) in [5.41, 5.74) is 3.04. The normalized spacial score (nSPS) is 16.2. The van der Waals surface area contributed by atoms with Crippen LogP contribution in [0.5, 0.6) is 0 Å². The summed E-state index contributed by atoms with van der Waals surface area (Å²) >= 11 is 1.66. The number of thiophene rings is 1. The number of hydrogen-bond donors (Lipinski definition) is 2. The number of nitrogens with zero attached hydrogens (tertiary/aromatic N) is 1. The van der Waals surface area contributed by atoms with Gasteiger partial charge in [-0.15, -0.1) is 0 Å². The zero-order chi connectivity index (χ0) is 20.6. The SMILES string of the molecule is CC(C)c1ccc(NC(=O)C(=O)NCC(c2ccsc2)N2CCCCCC2)cc1. The Morgan fingerprint density at radius 3 is 2.24 bits per heavy atom. The van der Waals surface area contributed by atoms with Crippen molar-refractivity contribution in [2.24, 2.45) is 0 Å². The fraction of sp³-hybridized carbons (Fsp3) is 0.478. The highest BCUT2D eigenvalue weighted by atomic mass is 32.1. The molecule has 0 aliphatic carbocycles. The second-order valence-corrected chi connectivity index (χ2v) is 8.74.